The zero-order valence-corrected chi connectivity index (χ0v) is 23.9. The summed E-state index contributed by atoms with van der Waals surface area (Å²) in [4.78, 5) is 21.2. The molecule has 0 aliphatic rings. The number of aromatic amines is 1. The lowest BCUT2D eigenvalue weighted by atomic mass is 10.0. The van der Waals surface area contributed by atoms with Crippen molar-refractivity contribution in [3.05, 3.63) is 106 Å². The number of ether oxygens (including phenoxy) is 2. The quantitative estimate of drug-likeness (QED) is 0.206. The van der Waals surface area contributed by atoms with Gasteiger partial charge in [-0.2, -0.15) is 13.2 Å². The smallest absolute Gasteiger partial charge is 0.436 e. The van der Waals surface area contributed by atoms with Crippen LogP contribution in [0.3, 0.4) is 0 Å². The Kier molecular flexibility index (Phi) is 7.47. The molecule has 0 aliphatic heterocycles. The fourth-order valence-electron chi connectivity index (χ4n) is 4.74. The molecule has 0 saturated carbocycles. The van der Waals surface area contributed by atoms with E-state index >= 15 is 0 Å². The molecule has 0 saturated heterocycles. The van der Waals surface area contributed by atoms with Crippen molar-refractivity contribution < 1.29 is 22.6 Å². The summed E-state index contributed by atoms with van der Waals surface area (Å²) in [6.45, 7) is 0.505. The number of halogens is 4. The van der Waals surface area contributed by atoms with Crippen LogP contribution in [0.2, 0.25) is 5.02 Å². The molecule has 0 unspecified atom stereocenters. The molecule has 6 aromatic rings. The second-order valence-corrected chi connectivity index (χ2v) is 10.1. The summed E-state index contributed by atoms with van der Waals surface area (Å²) in [7, 11) is 3.03. The minimum absolute atomic E-state index is 0.220. The number of pyridine rings is 2. The van der Waals surface area contributed by atoms with Crippen LogP contribution >= 0.6 is 11.6 Å². The Morgan fingerprint density at radius 1 is 0.977 bits per heavy atom. The minimum Gasteiger partial charge on any atom is -0.497 e. The molecule has 10 nitrogen and oxygen atoms in total. The number of rotatable bonds is 8. The van der Waals surface area contributed by atoms with Crippen LogP contribution in [0.15, 0.2) is 84.0 Å². The summed E-state index contributed by atoms with van der Waals surface area (Å²) in [6.07, 6.45) is -0.756. The number of hydrogen-bond donors (Lipinski definition) is 2. The van der Waals surface area contributed by atoms with Crippen LogP contribution in [0.4, 0.5) is 19.0 Å². The molecule has 0 atom stereocenters. The highest BCUT2D eigenvalue weighted by molar-refractivity contribution is 6.31. The van der Waals surface area contributed by atoms with E-state index in [0.29, 0.717) is 39.8 Å². The van der Waals surface area contributed by atoms with Gasteiger partial charge in [0.1, 0.15) is 17.3 Å². The number of alkyl halides is 3. The van der Waals surface area contributed by atoms with E-state index in [0.717, 1.165) is 27.6 Å². The molecule has 0 fully saturated rings. The normalized spacial score (nSPS) is 11.6. The van der Waals surface area contributed by atoms with Gasteiger partial charge in [0.05, 0.1) is 37.8 Å². The Bertz CT molecular complexity index is 2040. The van der Waals surface area contributed by atoms with Gasteiger partial charge in [0, 0.05) is 40.3 Å². The molecular formula is C30H23ClF3N7O3. The van der Waals surface area contributed by atoms with Gasteiger partial charge in [-0.15, -0.1) is 5.10 Å². The van der Waals surface area contributed by atoms with Crippen LogP contribution in [0.25, 0.3) is 33.5 Å². The van der Waals surface area contributed by atoms with Crippen LogP contribution in [0.5, 0.6) is 11.5 Å². The zero-order chi connectivity index (χ0) is 31.0. The maximum absolute atomic E-state index is 13.5. The Morgan fingerprint density at radius 2 is 1.77 bits per heavy atom. The van der Waals surface area contributed by atoms with Gasteiger partial charge >= 0.3 is 6.18 Å². The van der Waals surface area contributed by atoms with E-state index in [-0.39, 0.29) is 11.4 Å². The molecule has 0 spiro atoms. The first-order valence-electron chi connectivity index (χ1n) is 13.1. The van der Waals surface area contributed by atoms with Crippen molar-refractivity contribution >= 4 is 28.3 Å². The van der Waals surface area contributed by atoms with Gasteiger partial charge in [-0.1, -0.05) is 28.9 Å². The van der Waals surface area contributed by atoms with Crippen molar-refractivity contribution in [3.8, 4) is 34.1 Å². The van der Waals surface area contributed by atoms with Gasteiger partial charge in [-0.3, -0.25) is 9.36 Å². The lowest BCUT2D eigenvalue weighted by molar-refractivity contribution is -0.141. The first-order chi connectivity index (χ1) is 21.1. The average Bonchev–Trinajstić information content (AvgIpc) is 3.69. The third-order valence-electron chi connectivity index (χ3n) is 6.92. The molecule has 0 amide bonds. The Morgan fingerprint density at radius 3 is 2.48 bits per heavy atom. The maximum atomic E-state index is 13.5. The Balaban J connectivity index is 1.37. The van der Waals surface area contributed by atoms with Gasteiger partial charge in [-0.05, 0) is 48.0 Å². The minimum atomic E-state index is -4.68. The van der Waals surface area contributed by atoms with E-state index in [4.69, 9.17) is 21.1 Å². The first kappa shape index (κ1) is 28.8. The number of hydrogen-bond acceptors (Lipinski definition) is 7. The highest BCUT2D eigenvalue weighted by Gasteiger charge is 2.35. The van der Waals surface area contributed by atoms with E-state index in [9.17, 15) is 18.0 Å². The summed E-state index contributed by atoms with van der Waals surface area (Å²) in [5.41, 5.74) is 0.958. The largest absolute Gasteiger partial charge is 0.497 e. The molecule has 0 radical (unpaired) electrons. The van der Waals surface area contributed by atoms with Crippen LogP contribution in [-0.4, -0.2) is 43.7 Å². The highest BCUT2D eigenvalue weighted by atomic mass is 35.5. The number of benzene rings is 2. The summed E-state index contributed by atoms with van der Waals surface area (Å²) in [6, 6.07) is 17.1. The van der Waals surface area contributed by atoms with Crippen LogP contribution in [0.1, 0.15) is 11.3 Å². The van der Waals surface area contributed by atoms with E-state index in [1.165, 1.54) is 42.1 Å². The molecule has 2 N–H and O–H groups in total. The standard InChI is InChI=1S/C30H23ClF3N7O3/c1-43-20-6-3-17(4-7-20)14-36-29-28-18(9-10-35-29)11-26(37-28)40-15-24(44-2)22(13-27(40)42)21-12-19(31)5-8-23(21)41-16-25(38-39-41)30(32,33)34/h3-13,15-16,37H,14H2,1-2H3,(H,35,36). The van der Waals surface area contributed by atoms with Gasteiger partial charge in [0.15, 0.2) is 11.5 Å². The molecule has 6 rings (SSSR count). The fraction of sp³-hybridized carbons (Fsp3) is 0.133. The molecular weight excluding hydrogens is 599 g/mol. The molecule has 4 heterocycles. The van der Waals surface area contributed by atoms with E-state index in [2.05, 4.69) is 25.6 Å². The maximum Gasteiger partial charge on any atom is 0.436 e. The molecule has 44 heavy (non-hydrogen) atoms. The predicted octanol–water partition coefficient (Wildman–Crippen LogP) is 6.26. The van der Waals surface area contributed by atoms with Crippen molar-refractivity contribution in [2.75, 3.05) is 19.5 Å². The van der Waals surface area contributed by atoms with Crippen molar-refractivity contribution in [2.45, 2.75) is 12.7 Å². The van der Waals surface area contributed by atoms with Crippen LogP contribution in [-0.2, 0) is 12.7 Å². The topological polar surface area (TPSA) is 112 Å². The second kappa shape index (κ2) is 11.4. The lowest BCUT2D eigenvalue weighted by Gasteiger charge is -2.15. The van der Waals surface area contributed by atoms with Gasteiger partial charge < -0.3 is 19.8 Å². The van der Waals surface area contributed by atoms with Gasteiger partial charge in [-0.25, -0.2) is 9.67 Å². The third kappa shape index (κ3) is 5.56. The number of anilines is 1. The summed E-state index contributed by atoms with van der Waals surface area (Å²) >= 11 is 6.26. The Labute approximate surface area is 252 Å². The second-order valence-electron chi connectivity index (χ2n) is 9.65. The fourth-order valence-corrected chi connectivity index (χ4v) is 4.92. The number of nitrogens with one attached hydrogen (secondary N) is 2. The Hall–Kier alpha value is -5.30. The van der Waals surface area contributed by atoms with Gasteiger partial charge in [0.25, 0.3) is 5.56 Å². The average molecular weight is 622 g/mol. The SMILES string of the molecule is COc1ccc(CNc2nccc3cc(-n4cc(OC)c(-c5cc(Cl)ccc5-n5cc(C(F)(F)F)nn5)cc4=O)[nH]c23)cc1. The molecule has 224 valence electrons. The number of fused-ring (bicyclic) bond motifs is 1. The molecule has 0 aliphatic carbocycles. The van der Waals surface area contributed by atoms with Gasteiger partial charge in [0.2, 0.25) is 0 Å². The van der Waals surface area contributed by atoms with E-state index in [1.54, 1.807) is 19.4 Å². The number of H-pyrrole nitrogens is 1. The number of aromatic nitrogens is 6. The summed E-state index contributed by atoms with van der Waals surface area (Å²) < 4.78 is 52.8. The predicted molar refractivity (Wildman–Crippen MR) is 159 cm³/mol. The van der Waals surface area contributed by atoms with Crippen LogP contribution < -0.4 is 20.3 Å². The van der Waals surface area contributed by atoms with Crippen molar-refractivity contribution in [2.24, 2.45) is 0 Å². The zero-order valence-electron chi connectivity index (χ0n) is 23.2. The third-order valence-corrected chi connectivity index (χ3v) is 7.16. The van der Waals surface area contributed by atoms with E-state index < -0.39 is 17.4 Å². The van der Waals surface area contributed by atoms with Crippen molar-refractivity contribution in [1.82, 2.24) is 29.5 Å². The first-order valence-corrected chi connectivity index (χ1v) is 13.5. The summed E-state index contributed by atoms with van der Waals surface area (Å²) in [5.74, 6) is 2.07. The van der Waals surface area contributed by atoms with Crippen molar-refractivity contribution in [3.63, 3.8) is 0 Å². The molecule has 0 bridgehead atoms. The monoisotopic (exact) mass is 621 g/mol. The van der Waals surface area contributed by atoms with Crippen LogP contribution in [0, 0.1) is 0 Å². The molecule has 4 aromatic heterocycles. The number of methoxy groups -OCH3 is 2. The molecule has 14 heteroatoms. The lowest BCUT2D eigenvalue weighted by Crippen LogP contribution is -2.18. The van der Waals surface area contributed by atoms with E-state index in [1.807, 2.05) is 30.3 Å². The highest BCUT2D eigenvalue weighted by Crippen LogP contribution is 2.36. The molecule has 2 aromatic carbocycles. The van der Waals surface area contributed by atoms with Crippen molar-refractivity contribution in [1.29, 1.82) is 0 Å². The number of nitrogens with zero attached hydrogens (tertiary/aromatic N) is 5. The summed E-state index contributed by atoms with van der Waals surface area (Å²) in [5, 5.41) is 11.3.